The molecule has 94 valence electrons. The lowest BCUT2D eigenvalue weighted by atomic mass is 9.91. The SMILES string of the molecule is OCCN(CCSc1ccccc1)C1CCC1. The number of nitrogens with zero attached hydrogens (tertiary/aromatic N) is 1. The highest BCUT2D eigenvalue weighted by molar-refractivity contribution is 7.99. The van der Waals surface area contributed by atoms with Gasteiger partial charge in [-0.1, -0.05) is 24.6 Å². The number of benzene rings is 1. The number of aliphatic hydroxyl groups is 1. The molecule has 0 spiro atoms. The van der Waals surface area contributed by atoms with Crippen LogP contribution < -0.4 is 0 Å². The van der Waals surface area contributed by atoms with E-state index in [2.05, 4.69) is 35.2 Å². The number of rotatable bonds is 7. The molecule has 0 aromatic heterocycles. The second-order valence-electron chi connectivity index (χ2n) is 4.51. The highest BCUT2D eigenvalue weighted by Crippen LogP contribution is 2.25. The second-order valence-corrected chi connectivity index (χ2v) is 5.67. The minimum absolute atomic E-state index is 0.284. The lowest BCUT2D eigenvalue weighted by Gasteiger charge is -2.37. The van der Waals surface area contributed by atoms with Crippen LogP contribution in [0.25, 0.3) is 0 Å². The Morgan fingerprint density at radius 2 is 1.94 bits per heavy atom. The van der Waals surface area contributed by atoms with Crippen LogP contribution in [0.1, 0.15) is 19.3 Å². The summed E-state index contributed by atoms with van der Waals surface area (Å²) in [6, 6.07) is 11.3. The van der Waals surface area contributed by atoms with Gasteiger partial charge in [0.05, 0.1) is 6.61 Å². The fraction of sp³-hybridized carbons (Fsp3) is 0.571. The summed E-state index contributed by atoms with van der Waals surface area (Å²) in [6.45, 7) is 2.21. The molecule has 3 heteroatoms. The van der Waals surface area contributed by atoms with Crippen molar-refractivity contribution in [2.24, 2.45) is 0 Å². The van der Waals surface area contributed by atoms with E-state index in [1.807, 2.05) is 11.8 Å². The molecule has 2 nitrogen and oxygen atoms in total. The van der Waals surface area contributed by atoms with Crippen LogP contribution in [0.15, 0.2) is 35.2 Å². The Hall–Kier alpha value is -0.510. The van der Waals surface area contributed by atoms with Crippen LogP contribution in [0.2, 0.25) is 0 Å². The Bertz CT molecular complexity index is 313. The average Bonchev–Trinajstić information content (AvgIpc) is 2.28. The largest absolute Gasteiger partial charge is 0.395 e. The smallest absolute Gasteiger partial charge is 0.0558 e. The van der Waals surface area contributed by atoms with E-state index in [0.717, 1.165) is 24.9 Å². The zero-order chi connectivity index (χ0) is 11.9. The van der Waals surface area contributed by atoms with Crippen molar-refractivity contribution in [2.75, 3.05) is 25.4 Å². The van der Waals surface area contributed by atoms with Gasteiger partial charge in [-0.25, -0.2) is 0 Å². The number of thioether (sulfide) groups is 1. The van der Waals surface area contributed by atoms with Crippen LogP contribution in [0.3, 0.4) is 0 Å². The molecule has 1 fully saturated rings. The van der Waals surface area contributed by atoms with Gasteiger partial charge in [0.1, 0.15) is 0 Å². The Labute approximate surface area is 108 Å². The van der Waals surface area contributed by atoms with Gasteiger partial charge in [0, 0.05) is 29.8 Å². The van der Waals surface area contributed by atoms with Crippen LogP contribution in [0.4, 0.5) is 0 Å². The molecular formula is C14H21NOS. The average molecular weight is 251 g/mol. The molecule has 0 radical (unpaired) electrons. The molecule has 1 N–H and O–H groups in total. The first-order valence-electron chi connectivity index (χ1n) is 6.43. The van der Waals surface area contributed by atoms with E-state index in [0.29, 0.717) is 0 Å². The van der Waals surface area contributed by atoms with Crippen LogP contribution in [0, 0.1) is 0 Å². The Morgan fingerprint density at radius 3 is 2.53 bits per heavy atom. The van der Waals surface area contributed by atoms with Gasteiger partial charge in [-0.2, -0.15) is 0 Å². The Morgan fingerprint density at radius 1 is 1.18 bits per heavy atom. The number of hydrogen-bond donors (Lipinski definition) is 1. The van der Waals surface area contributed by atoms with E-state index in [1.54, 1.807) is 0 Å². The summed E-state index contributed by atoms with van der Waals surface area (Å²) in [5.41, 5.74) is 0. The highest BCUT2D eigenvalue weighted by atomic mass is 32.2. The molecule has 0 heterocycles. The summed E-state index contributed by atoms with van der Waals surface area (Å²) in [7, 11) is 0. The molecule has 1 aromatic rings. The zero-order valence-electron chi connectivity index (χ0n) is 10.2. The van der Waals surface area contributed by atoms with Crippen molar-refractivity contribution >= 4 is 11.8 Å². The standard InChI is InChI=1S/C14H21NOS/c16-11-9-15(13-5-4-6-13)10-12-17-14-7-2-1-3-8-14/h1-3,7-8,13,16H,4-6,9-12H2. The van der Waals surface area contributed by atoms with E-state index in [1.165, 1.54) is 24.2 Å². The summed E-state index contributed by atoms with van der Waals surface area (Å²) < 4.78 is 0. The third-order valence-corrected chi connectivity index (χ3v) is 4.36. The molecule has 0 amide bonds. The molecule has 1 aliphatic rings. The number of aliphatic hydroxyl groups excluding tert-OH is 1. The maximum atomic E-state index is 9.07. The molecule has 1 aliphatic carbocycles. The summed E-state index contributed by atoms with van der Waals surface area (Å²) in [5.74, 6) is 1.11. The fourth-order valence-electron chi connectivity index (χ4n) is 2.15. The van der Waals surface area contributed by atoms with Crippen molar-refractivity contribution in [3.8, 4) is 0 Å². The van der Waals surface area contributed by atoms with Gasteiger partial charge >= 0.3 is 0 Å². The predicted molar refractivity (Wildman–Crippen MR) is 73.5 cm³/mol. The Kier molecular flexibility index (Phi) is 5.36. The Balaban J connectivity index is 1.71. The van der Waals surface area contributed by atoms with E-state index >= 15 is 0 Å². The minimum atomic E-state index is 0.284. The molecule has 2 rings (SSSR count). The van der Waals surface area contributed by atoms with E-state index in [-0.39, 0.29) is 6.61 Å². The zero-order valence-corrected chi connectivity index (χ0v) is 11.0. The molecule has 1 aromatic carbocycles. The van der Waals surface area contributed by atoms with Crippen LogP contribution in [-0.2, 0) is 0 Å². The van der Waals surface area contributed by atoms with Gasteiger partial charge in [-0.3, -0.25) is 4.90 Å². The molecule has 1 saturated carbocycles. The van der Waals surface area contributed by atoms with Gasteiger partial charge in [0.15, 0.2) is 0 Å². The van der Waals surface area contributed by atoms with E-state index in [9.17, 15) is 0 Å². The molecule has 0 aliphatic heterocycles. The summed E-state index contributed by atoms with van der Waals surface area (Å²) >= 11 is 1.90. The number of hydrogen-bond acceptors (Lipinski definition) is 3. The lowest BCUT2D eigenvalue weighted by molar-refractivity contribution is 0.108. The highest BCUT2D eigenvalue weighted by Gasteiger charge is 2.23. The van der Waals surface area contributed by atoms with Crippen LogP contribution in [-0.4, -0.2) is 41.5 Å². The summed E-state index contributed by atoms with van der Waals surface area (Å²) in [6.07, 6.45) is 3.99. The second kappa shape index (κ2) is 7.04. The maximum Gasteiger partial charge on any atom is 0.0558 e. The van der Waals surface area contributed by atoms with Crippen molar-refractivity contribution in [2.45, 2.75) is 30.2 Å². The molecule has 0 atom stereocenters. The summed E-state index contributed by atoms with van der Waals surface area (Å²) in [4.78, 5) is 3.78. The minimum Gasteiger partial charge on any atom is -0.395 e. The predicted octanol–water partition coefficient (Wildman–Crippen LogP) is 2.63. The van der Waals surface area contributed by atoms with Crippen molar-refractivity contribution in [3.05, 3.63) is 30.3 Å². The van der Waals surface area contributed by atoms with Gasteiger partial charge in [0.25, 0.3) is 0 Å². The molecule has 0 unspecified atom stereocenters. The first-order chi connectivity index (χ1) is 8.40. The van der Waals surface area contributed by atoms with Crippen LogP contribution in [0.5, 0.6) is 0 Å². The van der Waals surface area contributed by atoms with E-state index < -0.39 is 0 Å². The molecule has 0 saturated heterocycles. The van der Waals surface area contributed by atoms with Gasteiger partial charge in [0.2, 0.25) is 0 Å². The van der Waals surface area contributed by atoms with Crippen molar-refractivity contribution < 1.29 is 5.11 Å². The molecule has 0 bridgehead atoms. The van der Waals surface area contributed by atoms with Gasteiger partial charge in [-0.05, 0) is 25.0 Å². The normalized spacial score (nSPS) is 16.1. The third kappa shape index (κ3) is 4.02. The van der Waals surface area contributed by atoms with Crippen molar-refractivity contribution in [1.82, 2.24) is 4.90 Å². The first-order valence-corrected chi connectivity index (χ1v) is 7.41. The van der Waals surface area contributed by atoms with E-state index in [4.69, 9.17) is 5.11 Å². The first kappa shape index (κ1) is 12.9. The van der Waals surface area contributed by atoms with Crippen molar-refractivity contribution in [3.63, 3.8) is 0 Å². The quantitative estimate of drug-likeness (QED) is 0.754. The summed E-state index contributed by atoms with van der Waals surface area (Å²) in [5, 5.41) is 9.07. The maximum absolute atomic E-state index is 9.07. The fourth-order valence-corrected chi connectivity index (χ4v) is 3.07. The van der Waals surface area contributed by atoms with Crippen LogP contribution >= 0.6 is 11.8 Å². The van der Waals surface area contributed by atoms with Gasteiger partial charge < -0.3 is 5.11 Å². The monoisotopic (exact) mass is 251 g/mol. The molecule has 17 heavy (non-hydrogen) atoms. The topological polar surface area (TPSA) is 23.5 Å². The lowest BCUT2D eigenvalue weighted by Crippen LogP contribution is -2.42. The van der Waals surface area contributed by atoms with Crippen molar-refractivity contribution in [1.29, 1.82) is 0 Å². The van der Waals surface area contributed by atoms with Gasteiger partial charge in [-0.15, -0.1) is 11.8 Å². The third-order valence-electron chi connectivity index (χ3n) is 3.37. The molecular weight excluding hydrogens is 230 g/mol.